The predicted octanol–water partition coefficient (Wildman–Crippen LogP) is 2.57. The Balaban J connectivity index is 2.19. The first-order valence-corrected chi connectivity index (χ1v) is 8.14. The summed E-state index contributed by atoms with van der Waals surface area (Å²) in [6.45, 7) is 2.10. The summed E-state index contributed by atoms with van der Waals surface area (Å²) in [5.41, 5.74) is 7.39. The Bertz CT molecular complexity index is 529. The molecule has 2 aromatic rings. The highest BCUT2D eigenvalue weighted by atomic mass is 32.2. The molecule has 0 aromatic carbocycles. The Morgan fingerprint density at radius 2 is 2.20 bits per heavy atom. The zero-order valence-electron chi connectivity index (χ0n) is 11.9. The van der Waals surface area contributed by atoms with E-state index in [1.807, 2.05) is 31.3 Å². The van der Waals surface area contributed by atoms with Crippen molar-refractivity contribution >= 4 is 28.2 Å². The van der Waals surface area contributed by atoms with Gasteiger partial charge in [-0.3, -0.25) is 4.98 Å². The van der Waals surface area contributed by atoms with Crippen molar-refractivity contribution in [1.82, 2.24) is 15.2 Å². The first-order chi connectivity index (χ1) is 9.61. The van der Waals surface area contributed by atoms with E-state index in [1.165, 1.54) is 0 Å². The average molecular weight is 309 g/mol. The fraction of sp³-hybridized carbons (Fsp3) is 0.462. The largest absolute Gasteiger partial charge is 0.353 e. The third kappa shape index (κ3) is 3.68. The quantitative estimate of drug-likeness (QED) is 0.827. The maximum atomic E-state index is 6.26. The average Bonchev–Trinajstić information content (AvgIpc) is 2.94. The van der Waals surface area contributed by atoms with Crippen LogP contribution in [0.5, 0.6) is 0 Å². The number of nitrogens with two attached hydrogens (primary N) is 1. The van der Waals surface area contributed by atoms with Gasteiger partial charge < -0.3 is 10.6 Å². The molecule has 20 heavy (non-hydrogen) atoms. The molecule has 7 heteroatoms. The summed E-state index contributed by atoms with van der Waals surface area (Å²) < 4.78 is 0.937. The van der Waals surface area contributed by atoms with Crippen molar-refractivity contribution in [2.45, 2.75) is 29.0 Å². The monoisotopic (exact) mass is 309 g/mol. The van der Waals surface area contributed by atoms with E-state index in [1.54, 1.807) is 29.3 Å². The number of hydrogen-bond acceptors (Lipinski definition) is 7. The Kier molecular flexibility index (Phi) is 5.33. The lowest BCUT2D eigenvalue weighted by Gasteiger charge is -2.21. The molecule has 108 valence electrons. The van der Waals surface area contributed by atoms with Crippen LogP contribution in [0.15, 0.2) is 28.9 Å². The van der Waals surface area contributed by atoms with Gasteiger partial charge >= 0.3 is 0 Å². The van der Waals surface area contributed by atoms with Crippen molar-refractivity contribution in [3.05, 3.63) is 30.1 Å². The number of anilines is 1. The number of thioether (sulfide) groups is 1. The van der Waals surface area contributed by atoms with Crippen molar-refractivity contribution in [2.75, 3.05) is 19.0 Å². The second-order valence-corrected chi connectivity index (χ2v) is 6.99. The van der Waals surface area contributed by atoms with E-state index in [4.69, 9.17) is 5.73 Å². The fourth-order valence-corrected chi connectivity index (χ4v) is 3.88. The highest BCUT2D eigenvalue weighted by Crippen LogP contribution is 2.40. The van der Waals surface area contributed by atoms with Crippen molar-refractivity contribution < 1.29 is 0 Å². The molecule has 0 spiro atoms. The van der Waals surface area contributed by atoms with Gasteiger partial charge in [0.1, 0.15) is 0 Å². The van der Waals surface area contributed by atoms with Gasteiger partial charge in [-0.2, -0.15) is 0 Å². The van der Waals surface area contributed by atoms with Gasteiger partial charge in [0, 0.05) is 32.5 Å². The van der Waals surface area contributed by atoms with Crippen molar-refractivity contribution in [3.8, 4) is 0 Å². The van der Waals surface area contributed by atoms with Gasteiger partial charge in [0.2, 0.25) is 5.13 Å². The maximum Gasteiger partial charge on any atom is 0.208 e. The van der Waals surface area contributed by atoms with E-state index >= 15 is 0 Å². The summed E-state index contributed by atoms with van der Waals surface area (Å²) in [6, 6.07) is 4.07. The molecule has 0 radical (unpaired) electrons. The first-order valence-electron chi connectivity index (χ1n) is 6.44. The van der Waals surface area contributed by atoms with Crippen LogP contribution < -0.4 is 10.6 Å². The lowest BCUT2D eigenvalue weighted by Crippen LogP contribution is -2.25. The predicted molar refractivity (Wildman–Crippen MR) is 85.3 cm³/mol. The molecule has 2 unspecified atom stereocenters. The van der Waals surface area contributed by atoms with E-state index in [0.29, 0.717) is 0 Å². The highest BCUT2D eigenvalue weighted by molar-refractivity contribution is 8.01. The molecule has 0 fully saturated rings. The van der Waals surface area contributed by atoms with Gasteiger partial charge in [-0.25, -0.2) is 0 Å². The van der Waals surface area contributed by atoms with Crippen LogP contribution in [-0.4, -0.2) is 35.3 Å². The number of rotatable bonds is 6. The minimum Gasteiger partial charge on any atom is -0.353 e. The molecule has 5 nitrogen and oxygen atoms in total. The van der Waals surface area contributed by atoms with Gasteiger partial charge in [-0.1, -0.05) is 36.1 Å². The molecule has 2 rings (SSSR count). The first kappa shape index (κ1) is 15.2. The van der Waals surface area contributed by atoms with E-state index in [-0.39, 0.29) is 11.3 Å². The lowest BCUT2D eigenvalue weighted by atomic mass is 10.1. The number of nitrogens with zero attached hydrogens (tertiary/aromatic N) is 4. The molecule has 0 saturated heterocycles. The second-order valence-electron chi connectivity index (χ2n) is 4.64. The maximum absolute atomic E-state index is 6.26. The standard InChI is InChI=1S/C13H19N5S2/c1-4-10(14)11(9-6-5-7-15-8-9)19-13-17-16-12(20-13)18(2)3/h5-8,10-11H,4,14H2,1-3H3. The summed E-state index contributed by atoms with van der Waals surface area (Å²) in [6.07, 6.45) is 4.56. The van der Waals surface area contributed by atoms with Crippen molar-refractivity contribution in [1.29, 1.82) is 0 Å². The molecule has 2 atom stereocenters. The molecule has 0 amide bonds. The molecule has 0 aliphatic heterocycles. The van der Waals surface area contributed by atoms with Crippen LogP contribution in [-0.2, 0) is 0 Å². The zero-order chi connectivity index (χ0) is 14.5. The summed E-state index contributed by atoms with van der Waals surface area (Å²) in [5, 5.41) is 9.45. The fourth-order valence-electron chi connectivity index (χ4n) is 1.70. The van der Waals surface area contributed by atoms with Gasteiger partial charge in [-0.05, 0) is 18.1 Å². The summed E-state index contributed by atoms with van der Waals surface area (Å²) >= 11 is 3.25. The Morgan fingerprint density at radius 3 is 2.75 bits per heavy atom. The van der Waals surface area contributed by atoms with E-state index in [0.717, 1.165) is 21.5 Å². The molecule has 0 aliphatic rings. The minimum absolute atomic E-state index is 0.0657. The van der Waals surface area contributed by atoms with E-state index in [2.05, 4.69) is 28.2 Å². The van der Waals surface area contributed by atoms with Gasteiger partial charge in [0.05, 0.1) is 5.25 Å². The van der Waals surface area contributed by atoms with Crippen LogP contribution in [0.2, 0.25) is 0 Å². The molecular formula is C13H19N5S2. The lowest BCUT2D eigenvalue weighted by molar-refractivity contribution is 0.632. The molecule has 2 aromatic heterocycles. The zero-order valence-corrected chi connectivity index (χ0v) is 13.5. The molecule has 2 heterocycles. The van der Waals surface area contributed by atoms with E-state index < -0.39 is 0 Å². The normalized spacial score (nSPS) is 14.0. The molecule has 0 bridgehead atoms. The third-order valence-electron chi connectivity index (χ3n) is 2.88. The molecule has 0 saturated carbocycles. The van der Waals surface area contributed by atoms with E-state index in [9.17, 15) is 0 Å². The Labute approximate surface area is 127 Å². The second kappa shape index (κ2) is 7.01. The molecule has 2 N–H and O–H groups in total. The smallest absolute Gasteiger partial charge is 0.208 e. The summed E-state index contributed by atoms with van der Waals surface area (Å²) in [5.74, 6) is 0. The van der Waals surface area contributed by atoms with Crippen LogP contribution in [0.25, 0.3) is 0 Å². The SMILES string of the molecule is CCC(N)C(Sc1nnc(N(C)C)s1)c1cccnc1. The van der Waals surface area contributed by atoms with Crippen molar-refractivity contribution in [3.63, 3.8) is 0 Å². The van der Waals surface area contributed by atoms with Gasteiger partial charge in [-0.15, -0.1) is 10.2 Å². The molecular weight excluding hydrogens is 290 g/mol. The summed E-state index contributed by atoms with van der Waals surface area (Å²) in [7, 11) is 3.93. The minimum atomic E-state index is 0.0657. The van der Waals surface area contributed by atoms with Crippen LogP contribution in [0.3, 0.4) is 0 Å². The third-order valence-corrected chi connectivity index (χ3v) is 5.46. The Morgan fingerprint density at radius 1 is 1.40 bits per heavy atom. The van der Waals surface area contributed by atoms with Gasteiger partial charge in [0.15, 0.2) is 4.34 Å². The van der Waals surface area contributed by atoms with Crippen molar-refractivity contribution in [2.24, 2.45) is 5.73 Å². The van der Waals surface area contributed by atoms with Crippen LogP contribution >= 0.6 is 23.1 Å². The van der Waals surface area contributed by atoms with Crippen LogP contribution in [0, 0.1) is 0 Å². The number of pyridine rings is 1. The number of hydrogen-bond donors (Lipinski definition) is 1. The number of aromatic nitrogens is 3. The topological polar surface area (TPSA) is 67.9 Å². The molecule has 0 aliphatic carbocycles. The van der Waals surface area contributed by atoms with Gasteiger partial charge in [0.25, 0.3) is 0 Å². The van der Waals surface area contributed by atoms with Crippen LogP contribution in [0.1, 0.15) is 24.2 Å². The van der Waals surface area contributed by atoms with Crippen LogP contribution in [0.4, 0.5) is 5.13 Å². The highest BCUT2D eigenvalue weighted by Gasteiger charge is 2.22. The Hall–Kier alpha value is -1.18. The summed E-state index contributed by atoms with van der Waals surface area (Å²) in [4.78, 5) is 6.15.